The second kappa shape index (κ2) is 10.1. The molecule has 2 aromatic rings. The number of guanidine groups is 1. The lowest BCUT2D eigenvalue weighted by Crippen LogP contribution is -2.22. The first-order chi connectivity index (χ1) is 10.6. The highest BCUT2D eigenvalue weighted by atomic mass is 127. The van der Waals surface area contributed by atoms with Crippen LogP contribution in [-0.4, -0.2) is 12.6 Å². The Hall–Kier alpha value is -1.76. The van der Waals surface area contributed by atoms with Crippen molar-refractivity contribution in [2.24, 2.45) is 16.6 Å². The van der Waals surface area contributed by atoms with Crippen LogP contribution in [0.15, 0.2) is 59.6 Å². The fourth-order valence-electron chi connectivity index (χ4n) is 1.88. The summed E-state index contributed by atoms with van der Waals surface area (Å²) in [5.74, 6) is 1.78. The van der Waals surface area contributed by atoms with E-state index in [-0.39, 0.29) is 24.0 Å². The smallest absolute Gasteiger partial charge is 0.193 e. The van der Waals surface area contributed by atoms with Crippen LogP contribution in [0.1, 0.15) is 19.4 Å². The van der Waals surface area contributed by atoms with Gasteiger partial charge in [-0.1, -0.05) is 44.2 Å². The normalized spacial score (nSPS) is 11.0. The quantitative estimate of drug-likeness (QED) is 0.413. The number of nitrogens with two attached hydrogens (primary N) is 1. The van der Waals surface area contributed by atoms with Gasteiger partial charge >= 0.3 is 0 Å². The maximum atomic E-state index is 5.90. The number of halogens is 1. The molecule has 23 heavy (non-hydrogen) atoms. The predicted octanol–water partition coefficient (Wildman–Crippen LogP) is 4.27. The maximum absolute atomic E-state index is 5.90. The van der Waals surface area contributed by atoms with E-state index in [1.807, 2.05) is 54.6 Å². The van der Waals surface area contributed by atoms with Gasteiger partial charge in [-0.05, 0) is 35.7 Å². The lowest BCUT2D eigenvalue weighted by atomic mass is 10.2. The van der Waals surface area contributed by atoms with Crippen LogP contribution in [0.2, 0.25) is 0 Å². The van der Waals surface area contributed by atoms with Crippen molar-refractivity contribution in [3.05, 3.63) is 60.2 Å². The SMILES string of the molecule is CC(C)COc1cccc(CN=C(N)Nc2ccccc2)c1.I. The molecule has 0 fully saturated rings. The minimum atomic E-state index is 0. The molecule has 4 nitrogen and oxygen atoms in total. The van der Waals surface area contributed by atoms with Crippen LogP contribution in [-0.2, 0) is 6.54 Å². The van der Waals surface area contributed by atoms with E-state index in [1.54, 1.807) is 0 Å². The number of ether oxygens (including phenoxy) is 1. The predicted molar refractivity (Wildman–Crippen MR) is 108 cm³/mol. The Morgan fingerprint density at radius 2 is 1.87 bits per heavy atom. The van der Waals surface area contributed by atoms with E-state index in [4.69, 9.17) is 10.5 Å². The average Bonchev–Trinajstić information content (AvgIpc) is 2.52. The molecule has 0 aliphatic rings. The highest BCUT2D eigenvalue weighted by Crippen LogP contribution is 2.15. The van der Waals surface area contributed by atoms with Crippen molar-refractivity contribution in [1.29, 1.82) is 0 Å². The van der Waals surface area contributed by atoms with Crippen molar-refractivity contribution in [2.75, 3.05) is 11.9 Å². The Morgan fingerprint density at radius 1 is 1.13 bits per heavy atom. The van der Waals surface area contributed by atoms with E-state index in [2.05, 4.69) is 24.2 Å². The van der Waals surface area contributed by atoms with Crippen molar-refractivity contribution in [1.82, 2.24) is 0 Å². The Morgan fingerprint density at radius 3 is 2.57 bits per heavy atom. The number of anilines is 1. The standard InChI is InChI=1S/C18H23N3O.HI/c1-14(2)13-22-17-10-6-7-15(11-17)12-20-18(19)21-16-8-4-3-5-9-16;/h3-11,14H,12-13H2,1-2H3,(H3,19,20,21);1H. The third-order valence-electron chi connectivity index (χ3n) is 2.96. The lowest BCUT2D eigenvalue weighted by Gasteiger charge is -2.09. The van der Waals surface area contributed by atoms with E-state index < -0.39 is 0 Å². The molecule has 0 aliphatic carbocycles. The second-order valence-corrected chi connectivity index (χ2v) is 5.54. The Balaban J connectivity index is 0.00000264. The van der Waals surface area contributed by atoms with Gasteiger partial charge < -0.3 is 15.8 Å². The first-order valence-corrected chi connectivity index (χ1v) is 7.47. The van der Waals surface area contributed by atoms with E-state index in [0.29, 0.717) is 25.0 Å². The molecule has 0 saturated carbocycles. The van der Waals surface area contributed by atoms with Gasteiger partial charge in [0.05, 0.1) is 13.2 Å². The molecule has 124 valence electrons. The number of para-hydroxylation sites is 1. The molecule has 0 atom stereocenters. The van der Waals surface area contributed by atoms with E-state index >= 15 is 0 Å². The Labute approximate surface area is 155 Å². The molecule has 0 aromatic heterocycles. The number of aliphatic imine (C=N–C) groups is 1. The molecule has 3 N–H and O–H groups in total. The molecular weight excluding hydrogens is 401 g/mol. The summed E-state index contributed by atoms with van der Waals surface area (Å²) in [6.07, 6.45) is 0. The molecule has 2 rings (SSSR count). The summed E-state index contributed by atoms with van der Waals surface area (Å²) >= 11 is 0. The summed E-state index contributed by atoms with van der Waals surface area (Å²) in [6, 6.07) is 17.7. The minimum absolute atomic E-state index is 0. The number of hydrogen-bond donors (Lipinski definition) is 2. The van der Waals surface area contributed by atoms with E-state index in [1.165, 1.54) is 0 Å². The Kier molecular flexibility index (Phi) is 8.47. The molecule has 0 heterocycles. The van der Waals surface area contributed by atoms with Gasteiger partial charge in [-0.2, -0.15) is 0 Å². The molecule has 0 aliphatic heterocycles. The van der Waals surface area contributed by atoms with Crippen LogP contribution in [0, 0.1) is 5.92 Å². The fourth-order valence-corrected chi connectivity index (χ4v) is 1.88. The van der Waals surface area contributed by atoms with Crippen molar-refractivity contribution in [2.45, 2.75) is 20.4 Å². The molecular formula is C18H24IN3O. The second-order valence-electron chi connectivity index (χ2n) is 5.54. The summed E-state index contributed by atoms with van der Waals surface area (Å²) in [6.45, 7) is 5.49. The van der Waals surface area contributed by atoms with Crippen molar-refractivity contribution in [3.63, 3.8) is 0 Å². The average molecular weight is 425 g/mol. The van der Waals surface area contributed by atoms with Crippen molar-refractivity contribution in [3.8, 4) is 5.75 Å². The largest absolute Gasteiger partial charge is 0.493 e. The maximum Gasteiger partial charge on any atom is 0.193 e. The topological polar surface area (TPSA) is 59.6 Å². The van der Waals surface area contributed by atoms with E-state index in [9.17, 15) is 0 Å². The lowest BCUT2D eigenvalue weighted by molar-refractivity contribution is 0.271. The third-order valence-corrected chi connectivity index (χ3v) is 2.96. The Bertz CT molecular complexity index is 615. The van der Waals surface area contributed by atoms with Crippen LogP contribution in [0.4, 0.5) is 5.69 Å². The highest BCUT2D eigenvalue weighted by molar-refractivity contribution is 14.0. The van der Waals surface area contributed by atoms with Crippen LogP contribution in [0.5, 0.6) is 5.75 Å². The first-order valence-electron chi connectivity index (χ1n) is 7.47. The zero-order valence-corrected chi connectivity index (χ0v) is 15.9. The summed E-state index contributed by atoms with van der Waals surface area (Å²) in [5.41, 5.74) is 7.89. The summed E-state index contributed by atoms with van der Waals surface area (Å²) in [5, 5.41) is 3.06. The van der Waals surface area contributed by atoms with Crippen molar-refractivity contribution < 1.29 is 4.74 Å². The van der Waals surface area contributed by atoms with E-state index in [0.717, 1.165) is 17.0 Å². The number of nitrogens with one attached hydrogen (secondary N) is 1. The number of benzene rings is 2. The van der Waals surface area contributed by atoms with Gasteiger partial charge in [0.2, 0.25) is 0 Å². The summed E-state index contributed by atoms with van der Waals surface area (Å²) in [4.78, 5) is 4.35. The number of rotatable bonds is 6. The van der Waals surface area contributed by atoms with Crippen LogP contribution in [0.25, 0.3) is 0 Å². The monoisotopic (exact) mass is 425 g/mol. The molecule has 0 amide bonds. The summed E-state index contributed by atoms with van der Waals surface area (Å²) in [7, 11) is 0. The van der Waals surface area contributed by atoms with Gasteiger partial charge in [0.1, 0.15) is 5.75 Å². The molecule has 0 unspecified atom stereocenters. The van der Waals surface area contributed by atoms with Gasteiger partial charge in [0, 0.05) is 5.69 Å². The zero-order chi connectivity index (χ0) is 15.8. The summed E-state index contributed by atoms with van der Waals surface area (Å²) < 4.78 is 5.72. The highest BCUT2D eigenvalue weighted by Gasteiger charge is 2.00. The van der Waals surface area contributed by atoms with Crippen LogP contribution < -0.4 is 15.8 Å². The van der Waals surface area contributed by atoms with Gasteiger partial charge in [-0.25, -0.2) is 4.99 Å². The van der Waals surface area contributed by atoms with Gasteiger partial charge in [0.25, 0.3) is 0 Å². The fraction of sp³-hybridized carbons (Fsp3) is 0.278. The van der Waals surface area contributed by atoms with Crippen molar-refractivity contribution >= 4 is 35.6 Å². The first kappa shape index (κ1) is 19.3. The van der Waals surface area contributed by atoms with Gasteiger partial charge in [-0.3, -0.25) is 0 Å². The number of hydrogen-bond acceptors (Lipinski definition) is 2. The van der Waals surface area contributed by atoms with Gasteiger partial charge in [0.15, 0.2) is 5.96 Å². The molecule has 5 heteroatoms. The molecule has 0 radical (unpaired) electrons. The van der Waals surface area contributed by atoms with Gasteiger partial charge in [-0.15, -0.1) is 24.0 Å². The van der Waals surface area contributed by atoms with Crippen LogP contribution >= 0.6 is 24.0 Å². The molecule has 0 bridgehead atoms. The zero-order valence-electron chi connectivity index (χ0n) is 13.5. The number of nitrogens with zero attached hydrogens (tertiary/aromatic N) is 1. The minimum Gasteiger partial charge on any atom is -0.493 e. The van der Waals surface area contributed by atoms with Crippen LogP contribution in [0.3, 0.4) is 0 Å². The molecule has 0 saturated heterocycles. The molecule has 0 spiro atoms. The molecule has 2 aromatic carbocycles. The third kappa shape index (κ3) is 7.36.